The van der Waals surface area contributed by atoms with Crippen molar-refractivity contribution in [1.82, 2.24) is 0 Å². The minimum absolute atomic E-state index is 0.241. The van der Waals surface area contributed by atoms with Crippen LogP contribution in [0, 0.1) is 5.92 Å². The van der Waals surface area contributed by atoms with Crippen LogP contribution in [-0.2, 0) is 11.8 Å². The van der Waals surface area contributed by atoms with Crippen molar-refractivity contribution in [1.29, 1.82) is 0 Å². The maximum atomic E-state index is 5.88. The van der Waals surface area contributed by atoms with Gasteiger partial charge in [0.1, 0.15) is 0 Å². The van der Waals surface area contributed by atoms with Gasteiger partial charge in [0.05, 0.1) is 0 Å². The molecular formula is C15H25N. The van der Waals surface area contributed by atoms with Crippen molar-refractivity contribution in [3.63, 3.8) is 0 Å². The topological polar surface area (TPSA) is 26.0 Å². The van der Waals surface area contributed by atoms with Gasteiger partial charge >= 0.3 is 0 Å². The van der Waals surface area contributed by atoms with Crippen LogP contribution in [0.25, 0.3) is 0 Å². The lowest BCUT2D eigenvalue weighted by Gasteiger charge is -2.20. The Morgan fingerprint density at radius 2 is 1.56 bits per heavy atom. The molecule has 0 aliphatic heterocycles. The number of hydrogen-bond acceptors (Lipinski definition) is 1. The molecule has 1 aromatic carbocycles. The standard InChI is InChI=1S/C15H25N/c1-11(12(2)16)10-13-6-8-14(9-7-13)15(3,4)5/h6-9,11-12H,10,16H2,1-5H3. The Morgan fingerprint density at radius 3 is 1.94 bits per heavy atom. The molecule has 0 amide bonds. The molecule has 1 rings (SSSR count). The average Bonchev–Trinajstić information content (AvgIpc) is 2.17. The molecule has 90 valence electrons. The van der Waals surface area contributed by atoms with Crippen molar-refractivity contribution in [2.24, 2.45) is 11.7 Å². The van der Waals surface area contributed by atoms with E-state index in [0.717, 1.165) is 6.42 Å². The van der Waals surface area contributed by atoms with Crippen molar-refractivity contribution >= 4 is 0 Å². The summed E-state index contributed by atoms with van der Waals surface area (Å²) in [5, 5.41) is 0. The summed E-state index contributed by atoms with van der Waals surface area (Å²) in [5.41, 5.74) is 8.90. The summed E-state index contributed by atoms with van der Waals surface area (Å²) in [6.45, 7) is 11.0. The van der Waals surface area contributed by atoms with E-state index in [1.807, 2.05) is 0 Å². The lowest BCUT2D eigenvalue weighted by Crippen LogP contribution is -2.25. The van der Waals surface area contributed by atoms with Gasteiger partial charge in [0, 0.05) is 6.04 Å². The fourth-order valence-corrected chi connectivity index (χ4v) is 1.70. The molecule has 0 aromatic heterocycles. The number of nitrogens with two attached hydrogens (primary N) is 1. The molecule has 2 N–H and O–H groups in total. The molecule has 0 fully saturated rings. The molecule has 16 heavy (non-hydrogen) atoms. The highest BCUT2D eigenvalue weighted by atomic mass is 14.6. The smallest absolute Gasteiger partial charge is 0.00393 e. The minimum atomic E-state index is 0.241. The Bertz CT molecular complexity index is 316. The van der Waals surface area contributed by atoms with E-state index in [1.165, 1.54) is 11.1 Å². The van der Waals surface area contributed by atoms with Crippen LogP contribution < -0.4 is 5.73 Å². The monoisotopic (exact) mass is 219 g/mol. The first-order chi connectivity index (χ1) is 7.30. The van der Waals surface area contributed by atoms with E-state index < -0.39 is 0 Å². The van der Waals surface area contributed by atoms with Crippen LogP contribution >= 0.6 is 0 Å². The van der Waals surface area contributed by atoms with Gasteiger partial charge in [-0.3, -0.25) is 0 Å². The van der Waals surface area contributed by atoms with Crippen LogP contribution in [0.4, 0.5) is 0 Å². The lowest BCUT2D eigenvalue weighted by atomic mass is 9.86. The second-order valence-corrected chi connectivity index (χ2v) is 5.99. The first kappa shape index (κ1) is 13.2. The molecule has 1 heteroatoms. The zero-order chi connectivity index (χ0) is 12.3. The van der Waals surface area contributed by atoms with Crippen molar-refractivity contribution < 1.29 is 0 Å². The molecule has 0 heterocycles. The summed E-state index contributed by atoms with van der Waals surface area (Å²) < 4.78 is 0. The van der Waals surface area contributed by atoms with E-state index in [9.17, 15) is 0 Å². The van der Waals surface area contributed by atoms with E-state index in [-0.39, 0.29) is 11.5 Å². The van der Waals surface area contributed by atoms with Gasteiger partial charge < -0.3 is 5.73 Å². The largest absolute Gasteiger partial charge is 0.328 e. The normalized spacial score (nSPS) is 15.9. The van der Waals surface area contributed by atoms with Gasteiger partial charge in [0.2, 0.25) is 0 Å². The van der Waals surface area contributed by atoms with Gasteiger partial charge in [0.15, 0.2) is 0 Å². The van der Waals surface area contributed by atoms with E-state index in [4.69, 9.17) is 5.73 Å². The Labute approximate surface area is 100 Å². The van der Waals surface area contributed by atoms with Gasteiger partial charge in [-0.15, -0.1) is 0 Å². The molecule has 0 saturated heterocycles. The molecule has 0 aliphatic rings. The van der Waals surface area contributed by atoms with E-state index in [1.54, 1.807) is 0 Å². The maximum absolute atomic E-state index is 5.88. The summed E-state index contributed by atoms with van der Waals surface area (Å²) in [5.74, 6) is 0.542. The molecule has 2 atom stereocenters. The summed E-state index contributed by atoms with van der Waals surface area (Å²) >= 11 is 0. The molecular weight excluding hydrogens is 194 g/mol. The fourth-order valence-electron chi connectivity index (χ4n) is 1.70. The molecule has 0 bridgehead atoms. The zero-order valence-electron chi connectivity index (χ0n) is 11.2. The first-order valence-electron chi connectivity index (χ1n) is 6.15. The van der Waals surface area contributed by atoms with E-state index in [0.29, 0.717) is 5.92 Å². The summed E-state index contributed by atoms with van der Waals surface area (Å²) in [4.78, 5) is 0. The molecule has 0 aliphatic carbocycles. The zero-order valence-corrected chi connectivity index (χ0v) is 11.2. The van der Waals surface area contributed by atoms with Crippen LogP contribution in [0.15, 0.2) is 24.3 Å². The Kier molecular flexibility index (Phi) is 4.15. The van der Waals surface area contributed by atoms with Crippen LogP contribution in [-0.4, -0.2) is 6.04 Å². The fraction of sp³-hybridized carbons (Fsp3) is 0.600. The van der Waals surface area contributed by atoms with Crippen molar-refractivity contribution in [3.05, 3.63) is 35.4 Å². The van der Waals surface area contributed by atoms with Crippen molar-refractivity contribution in [2.75, 3.05) is 0 Å². The van der Waals surface area contributed by atoms with Crippen LogP contribution in [0.3, 0.4) is 0 Å². The highest BCUT2D eigenvalue weighted by molar-refractivity contribution is 5.27. The van der Waals surface area contributed by atoms with Gasteiger partial charge in [-0.2, -0.15) is 0 Å². The van der Waals surface area contributed by atoms with E-state index in [2.05, 4.69) is 58.9 Å². The van der Waals surface area contributed by atoms with Crippen LogP contribution in [0.5, 0.6) is 0 Å². The van der Waals surface area contributed by atoms with E-state index >= 15 is 0 Å². The predicted octanol–water partition coefficient (Wildman–Crippen LogP) is 3.51. The minimum Gasteiger partial charge on any atom is -0.328 e. The lowest BCUT2D eigenvalue weighted by molar-refractivity contribution is 0.481. The second kappa shape index (κ2) is 5.01. The summed E-state index contributed by atoms with van der Waals surface area (Å²) in [6, 6.07) is 9.22. The predicted molar refractivity (Wildman–Crippen MR) is 71.7 cm³/mol. The highest BCUT2D eigenvalue weighted by Crippen LogP contribution is 2.23. The third-order valence-corrected chi connectivity index (χ3v) is 3.28. The van der Waals surface area contributed by atoms with Crippen LogP contribution in [0.2, 0.25) is 0 Å². The van der Waals surface area contributed by atoms with Crippen molar-refractivity contribution in [3.8, 4) is 0 Å². The maximum Gasteiger partial charge on any atom is 0.00393 e. The molecule has 2 unspecified atom stereocenters. The number of rotatable bonds is 3. The van der Waals surface area contributed by atoms with Gasteiger partial charge in [-0.1, -0.05) is 52.0 Å². The molecule has 0 saturated carbocycles. The second-order valence-electron chi connectivity index (χ2n) is 5.99. The molecule has 0 radical (unpaired) electrons. The van der Waals surface area contributed by atoms with Gasteiger partial charge in [-0.25, -0.2) is 0 Å². The van der Waals surface area contributed by atoms with Gasteiger partial charge in [0.25, 0.3) is 0 Å². The van der Waals surface area contributed by atoms with Gasteiger partial charge in [-0.05, 0) is 35.8 Å². The Balaban J connectivity index is 2.72. The van der Waals surface area contributed by atoms with Crippen molar-refractivity contribution in [2.45, 2.75) is 52.5 Å². The third kappa shape index (κ3) is 3.64. The first-order valence-corrected chi connectivity index (χ1v) is 6.15. The highest BCUT2D eigenvalue weighted by Gasteiger charge is 2.13. The van der Waals surface area contributed by atoms with Crippen LogP contribution in [0.1, 0.15) is 45.7 Å². The Morgan fingerprint density at radius 1 is 1.06 bits per heavy atom. The molecule has 0 spiro atoms. The molecule has 1 aromatic rings. The average molecular weight is 219 g/mol. The summed E-state index contributed by atoms with van der Waals surface area (Å²) in [6.07, 6.45) is 1.07. The molecule has 1 nitrogen and oxygen atoms in total. The quantitative estimate of drug-likeness (QED) is 0.827. The summed E-state index contributed by atoms with van der Waals surface area (Å²) in [7, 11) is 0. The number of benzene rings is 1. The SMILES string of the molecule is CC(N)C(C)Cc1ccc(C(C)(C)C)cc1. The third-order valence-electron chi connectivity index (χ3n) is 3.28. The number of hydrogen-bond donors (Lipinski definition) is 1. The Hall–Kier alpha value is -0.820.